The molecule has 5 aromatic carbocycles. The number of ether oxygens (including phenoxy) is 2. The van der Waals surface area contributed by atoms with Crippen molar-refractivity contribution in [3.05, 3.63) is 139 Å². The summed E-state index contributed by atoms with van der Waals surface area (Å²) in [4.78, 5) is 13.4. The number of aliphatic carboxylic acids is 1. The zero-order chi connectivity index (χ0) is 30.9. The van der Waals surface area contributed by atoms with Crippen molar-refractivity contribution < 1.29 is 19.4 Å². The molecule has 44 heavy (non-hydrogen) atoms. The summed E-state index contributed by atoms with van der Waals surface area (Å²) in [6, 6.07) is 41.1. The molecule has 0 bridgehead atoms. The molecule has 5 aromatic rings. The molecule has 0 amide bonds. The van der Waals surface area contributed by atoms with E-state index in [1.54, 1.807) is 47.8 Å². The first kappa shape index (κ1) is 31.3. The highest BCUT2D eigenvalue weighted by Crippen LogP contribution is 2.31. The molecule has 0 saturated heterocycles. The van der Waals surface area contributed by atoms with Crippen LogP contribution in [0.4, 0.5) is 0 Å². The lowest BCUT2D eigenvalue weighted by atomic mass is 9.94. The molecule has 5 rings (SSSR count). The van der Waals surface area contributed by atoms with Crippen molar-refractivity contribution in [1.82, 2.24) is 0 Å². The van der Waals surface area contributed by atoms with Crippen LogP contribution >= 0.6 is 35.1 Å². The van der Waals surface area contributed by atoms with Crippen LogP contribution in [0.15, 0.2) is 137 Å². The summed E-state index contributed by atoms with van der Waals surface area (Å²) in [5.74, 6) is -0.266. The van der Waals surface area contributed by atoms with Crippen LogP contribution in [0, 0.1) is 0 Å². The molecule has 0 aliphatic heterocycles. The summed E-state index contributed by atoms with van der Waals surface area (Å²) in [6.07, 6.45) is 6.25. The summed E-state index contributed by atoms with van der Waals surface area (Å²) in [6.45, 7) is 0.331. The van der Waals surface area contributed by atoms with E-state index in [1.165, 1.54) is 20.9 Å². The lowest BCUT2D eigenvalue weighted by Gasteiger charge is -2.13. The molecule has 0 saturated carbocycles. The zero-order valence-electron chi connectivity index (χ0n) is 24.3. The van der Waals surface area contributed by atoms with Gasteiger partial charge in [-0.3, -0.25) is 0 Å². The standard InChI is InChI=1S/C37H31ClO4S2/c1-43-33-7-3-5-29(23-33)25-9-13-27(14-10-25)35(21-22-41-31-17-19-32(20-18-31)42-36(38)37(39)40)28-15-11-26(12-16-28)30-6-4-8-34(24-30)44-2/h3-21,23-24,36H,22H2,1-2H3,(H,39,40). The maximum absolute atomic E-state index is 11.0. The smallest absolute Gasteiger partial charge is 0.360 e. The average Bonchev–Trinajstić information content (AvgIpc) is 3.07. The van der Waals surface area contributed by atoms with Gasteiger partial charge in [0.2, 0.25) is 0 Å². The van der Waals surface area contributed by atoms with Crippen molar-refractivity contribution in [3.8, 4) is 33.8 Å². The van der Waals surface area contributed by atoms with Crippen molar-refractivity contribution in [3.63, 3.8) is 0 Å². The third-order valence-corrected chi connectivity index (χ3v) is 8.72. The predicted molar refractivity (Wildman–Crippen MR) is 184 cm³/mol. The van der Waals surface area contributed by atoms with Crippen molar-refractivity contribution in [1.29, 1.82) is 0 Å². The van der Waals surface area contributed by atoms with Gasteiger partial charge in [-0.15, -0.1) is 23.5 Å². The van der Waals surface area contributed by atoms with Crippen molar-refractivity contribution >= 4 is 46.7 Å². The Hall–Kier alpha value is -4.10. The molecular weight excluding hydrogens is 608 g/mol. The number of thioether (sulfide) groups is 2. The van der Waals surface area contributed by atoms with Gasteiger partial charge in [-0.05, 0) is 106 Å². The van der Waals surface area contributed by atoms with Gasteiger partial charge in [0, 0.05) is 9.79 Å². The first-order chi connectivity index (χ1) is 21.4. The van der Waals surface area contributed by atoms with Crippen LogP contribution in [0.3, 0.4) is 0 Å². The van der Waals surface area contributed by atoms with E-state index < -0.39 is 11.5 Å². The zero-order valence-corrected chi connectivity index (χ0v) is 26.7. The maximum Gasteiger partial charge on any atom is 0.360 e. The van der Waals surface area contributed by atoms with Gasteiger partial charge in [0.15, 0.2) is 0 Å². The molecule has 1 unspecified atom stereocenters. The Morgan fingerprint density at radius 2 is 1.18 bits per heavy atom. The Morgan fingerprint density at radius 1 is 0.705 bits per heavy atom. The summed E-state index contributed by atoms with van der Waals surface area (Å²) in [5.41, 5.74) is 6.47. The fourth-order valence-electron chi connectivity index (χ4n) is 4.70. The number of carboxylic acids is 1. The SMILES string of the molecule is CSc1cccc(-c2ccc(C(=CCOc3ccc(OC(Cl)C(=O)O)cc3)c3ccc(-c4cccc(SC)c4)cc3)cc2)c1. The first-order valence-corrected chi connectivity index (χ1v) is 16.8. The van der Waals surface area contributed by atoms with E-state index in [0.29, 0.717) is 18.1 Å². The van der Waals surface area contributed by atoms with Gasteiger partial charge in [0.1, 0.15) is 18.1 Å². The number of hydrogen-bond donors (Lipinski definition) is 1. The van der Waals surface area contributed by atoms with E-state index in [2.05, 4.69) is 116 Å². The first-order valence-electron chi connectivity index (χ1n) is 13.9. The minimum atomic E-state index is -1.45. The fraction of sp³-hybridized carbons (Fsp3) is 0.108. The van der Waals surface area contributed by atoms with Gasteiger partial charge in [0.05, 0.1) is 0 Å². The van der Waals surface area contributed by atoms with Gasteiger partial charge in [0.25, 0.3) is 5.56 Å². The second kappa shape index (κ2) is 15.1. The van der Waals surface area contributed by atoms with Crippen LogP contribution < -0.4 is 9.47 Å². The molecular formula is C37H31ClO4S2. The molecule has 0 heterocycles. The van der Waals surface area contributed by atoms with E-state index in [4.69, 9.17) is 26.2 Å². The van der Waals surface area contributed by atoms with E-state index in [0.717, 1.165) is 27.8 Å². The molecule has 222 valence electrons. The molecule has 1 atom stereocenters. The molecule has 4 nitrogen and oxygen atoms in total. The van der Waals surface area contributed by atoms with Crippen LogP contribution in [0.2, 0.25) is 0 Å². The minimum absolute atomic E-state index is 0.331. The van der Waals surface area contributed by atoms with Crippen LogP contribution in [0.1, 0.15) is 11.1 Å². The number of hydrogen-bond acceptors (Lipinski definition) is 5. The molecule has 0 spiro atoms. The van der Waals surface area contributed by atoms with E-state index in [-0.39, 0.29) is 0 Å². The van der Waals surface area contributed by atoms with Crippen molar-refractivity contribution in [2.24, 2.45) is 0 Å². The molecule has 0 radical (unpaired) electrons. The molecule has 1 N–H and O–H groups in total. The summed E-state index contributed by atoms with van der Waals surface area (Å²) in [5, 5.41) is 8.95. The molecule has 0 aromatic heterocycles. The predicted octanol–water partition coefficient (Wildman–Crippen LogP) is 10.0. The lowest BCUT2D eigenvalue weighted by Crippen LogP contribution is -2.20. The van der Waals surface area contributed by atoms with Gasteiger partial charge in [-0.1, -0.05) is 84.4 Å². The Labute approximate surface area is 271 Å². The van der Waals surface area contributed by atoms with Crippen LogP contribution in [-0.4, -0.2) is 35.8 Å². The highest BCUT2D eigenvalue weighted by molar-refractivity contribution is 7.98. The average molecular weight is 639 g/mol. The number of carbonyl (C=O) groups is 1. The molecule has 0 fully saturated rings. The number of alkyl halides is 1. The number of halogens is 1. The monoisotopic (exact) mass is 638 g/mol. The van der Waals surface area contributed by atoms with E-state index in [1.807, 2.05) is 0 Å². The summed E-state index contributed by atoms with van der Waals surface area (Å²) in [7, 11) is 0. The van der Waals surface area contributed by atoms with Gasteiger partial charge < -0.3 is 14.6 Å². The number of carboxylic acid groups (broad SMARTS) is 1. The summed E-state index contributed by atoms with van der Waals surface area (Å²) < 4.78 is 11.2. The number of rotatable bonds is 12. The Morgan fingerprint density at radius 3 is 1.64 bits per heavy atom. The van der Waals surface area contributed by atoms with Gasteiger partial charge in [-0.2, -0.15) is 0 Å². The van der Waals surface area contributed by atoms with Crippen molar-refractivity contribution in [2.75, 3.05) is 19.1 Å². The van der Waals surface area contributed by atoms with Crippen LogP contribution in [0.25, 0.3) is 27.8 Å². The topological polar surface area (TPSA) is 55.8 Å². The van der Waals surface area contributed by atoms with Crippen LogP contribution in [0.5, 0.6) is 11.5 Å². The highest BCUT2D eigenvalue weighted by Gasteiger charge is 2.15. The highest BCUT2D eigenvalue weighted by atomic mass is 35.5. The Kier molecular flexibility index (Phi) is 10.7. The molecule has 7 heteroatoms. The van der Waals surface area contributed by atoms with Gasteiger partial charge in [-0.25, -0.2) is 4.79 Å². The minimum Gasteiger partial charge on any atom is -0.490 e. The quantitative estimate of drug-likeness (QED) is 0.108. The Bertz CT molecular complexity index is 1640. The second-order valence-corrected chi connectivity index (χ2v) is 11.9. The van der Waals surface area contributed by atoms with E-state index >= 15 is 0 Å². The maximum atomic E-state index is 11.0. The molecule has 0 aliphatic carbocycles. The number of benzene rings is 5. The third kappa shape index (κ3) is 8.08. The van der Waals surface area contributed by atoms with Crippen LogP contribution in [-0.2, 0) is 4.79 Å². The Balaban J connectivity index is 1.40. The fourth-order valence-corrected chi connectivity index (χ4v) is 5.72. The lowest BCUT2D eigenvalue weighted by molar-refractivity contribution is -0.141. The van der Waals surface area contributed by atoms with Crippen molar-refractivity contribution in [2.45, 2.75) is 15.4 Å². The summed E-state index contributed by atoms with van der Waals surface area (Å²) >= 11 is 9.15. The third-order valence-electron chi connectivity index (χ3n) is 6.99. The second-order valence-electron chi connectivity index (χ2n) is 9.79. The van der Waals surface area contributed by atoms with Gasteiger partial charge >= 0.3 is 5.97 Å². The largest absolute Gasteiger partial charge is 0.490 e. The normalized spacial score (nSPS) is 11.4. The van der Waals surface area contributed by atoms with E-state index in [9.17, 15) is 4.79 Å². The molecule has 0 aliphatic rings.